The highest BCUT2D eigenvalue weighted by atomic mass is 32.2. The summed E-state index contributed by atoms with van der Waals surface area (Å²) in [6.07, 6.45) is 1.98. The molecule has 0 aromatic heterocycles. The molecule has 0 saturated carbocycles. The summed E-state index contributed by atoms with van der Waals surface area (Å²) in [4.78, 5) is 0. The molecular formula is C14H23N3O3S. The Morgan fingerprint density at radius 1 is 1.52 bits per heavy atom. The molecule has 0 aliphatic rings. The van der Waals surface area contributed by atoms with E-state index in [1.807, 2.05) is 25.3 Å². The van der Waals surface area contributed by atoms with Crippen LogP contribution in [0, 0.1) is 0 Å². The summed E-state index contributed by atoms with van der Waals surface area (Å²) in [6, 6.07) is 5.68. The fourth-order valence-electron chi connectivity index (χ4n) is 1.96. The van der Waals surface area contributed by atoms with Crippen molar-refractivity contribution in [3.63, 3.8) is 0 Å². The molecule has 5 N–H and O–H groups in total. The van der Waals surface area contributed by atoms with Crippen LogP contribution in [0.25, 0.3) is 0 Å². The SMILES string of the molecule is COc1cc(CNC(C)C(CO)SC)ccc1/C(N)=N/O. The van der Waals surface area contributed by atoms with Gasteiger partial charge in [0.25, 0.3) is 0 Å². The molecule has 0 aliphatic carbocycles. The minimum absolute atomic E-state index is 0.0162. The summed E-state index contributed by atoms with van der Waals surface area (Å²) in [5.41, 5.74) is 7.16. The third-order valence-corrected chi connectivity index (χ3v) is 4.48. The number of amidine groups is 1. The number of aliphatic hydroxyl groups is 1. The van der Waals surface area contributed by atoms with Gasteiger partial charge in [0, 0.05) is 17.8 Å². The van der Waals surface area contributed by atoms with Crippen molar-refractivity contribution in [3.05, 3.63) is 29.3 Å². The van der Waals surface area contributed by atoms with E-state index in [1.165, 1.54) is 0 Å². The van der Waals surface area contributed by atoms with Crippen molar-refractivity contribution in [2.24, 2.45) is 10.9 Å². The van der Waals surface area contributed by atoms with Crippen LogP contribution in [-0.4, -0.2) is 47.4 Å². The lowest BCUT2D eigenvalue weighted by Crippen LogP contribution is -2.37. The molecule has 118 valence electrons. The van der Waals surface area contributed by atoms with E-state index in [2.05, 4.69) is 10.5 Å². The molecule has 0 aliphatic heterocycles. The summed E-state index contributed by atoms with van der Waals surface area (Å²) in [5.74, 6) is 0.572. The first-order valence-electron chi connectivity index (χ1n) is 6.59. The number of nitrogens with one attached hydrogen (secondary N) is 1. The molecule has 2 unspecified atom stereocenters. The highest BCUT2D eigenvalue weighted by Crippen LogP contribution is 2.20. The fourth-order valence-corrected chi connectivity index (χ4v) is 2.61. The van der Waals surface area contributed by atoms with E-state index in [-0.39, 0.29) is 23.7 Å². The normalized spacial score (nSPS) is 14.8. The maximum Gasteiger partial charge on any atom is 0.173 e. The zero-order valence-corrected chi connectivity index (χ0v) is 13.4. The van der Waals surface area contributed by atoms with Gasteiger partial charge >= 0.3 is 0 Å². The number of nitrogens with zero attached hydrogens (tertiary/aromatic N) is 1. The molecule has 21 heavy (non-hydrogen) atoms. The Labute approximate surface area is 129 Å². The van der Waals surface area contributed by atoms with Crippen molar-refractivity contribution >= 4 is 17.6 Å². The van der Waals surface area contributed by atoms with Gasteiger partial charge in [-0.2, -0.15) is 11.8 Å². The third kappa shape index (κ3) is 4.80. The Hall–Kier alpha value is -1.44. The zero-order valence-electron chi connectivity index (χ0n) is 12.5. The number of methoxy groups -OCH3 is 1. The molecule has 0 fully saturated rings. The second-order valence-electron chi connectivity index (χ2n) is 4.65. The van der Waals surface area contributed by atoms with Crippen LogP contribution in [0.2, 0.25) is 0 Å². The number of nitrogens with two attached hydrogens (primary N) is 1. The van der Waals surface area contributed by atoms with Crippen LogP contribution in [0.4, 0.5) is 0 Å². The Balaban J connectivity index is 2.77. The van der Waals surface area contributed by atoms with Crippen molar-refractivity contribution in [3.8, 4) is 5.75 Å². The van der Waals surface area contributed by atoms with E-state index in [0.29, 0.717) is 17.9 Å². The minimum Gasteiger partial charge on any atom is -0.496 e. The van der Waals surface area contributed by atoms with Gasteiger partial charge in [0.15, 0.2) is 5.84 Å². The van der Waals surface area contributed by atoms with Gasteiger partial charge < -0.3 is 26.1 Å². The van der Waals surface area contributed by atoms with Gasteiger partial charge in [0.1, 0.15) is 5.75 Å². The number of oxime groups is 1. The summed E-state index contributed by atoms with van der Waals surface area (Å²) >= 11 is 1.63. The summed E-state index contributed by atoms with van der Waals surface area (Å²) in [7, 11) is 1.54. The van der Waals surface area contributed by atoms with Gasteiger partial charge in [-0.15, -0.1) is 0 Å². The zero-order chi connectivity index (χ0) is 15.8. The summed E-state index contributed by atoms with van der Waals surface area (Å²) in [5, 5.41) is 24.5. The average molecular weight is 313 g/mol. The van der Waals surface area contributed by atoms with Crippen LogP contribution in [0.1, 0.15) is 18.1 Å². The standard InChI is InChI=1S/C14H23N3O3S/c1-9(13(8-18)21-3)16-7-10-4-5-11(14(15)17-19)12(6-10)20-2/h4-6,9,13,16,18-19H,7-8H2,1-3H3,(H2,15,17). The van der Waals surface area contributed by atoms with Gasteiger partial charge in [-0.1, -0.05) is 11.2 Å². The molecule has 0 heterocycles. The largest absolute Gasteiger partial charge is 0.496 e. The topological polar surface area (TPSA) is 100 Å². The first kappa shape index (κ1) is 17.6. The molecule has 0 amide bonds. The lowest BCUT2D eigenvalue weighted by molar-refractivity contribution is 0.276. The average Bonchev–Trinajstić information content (AvgIpc) is 2.52. The number of thioether (sulfide) groups is 1. The van der Waals surface area contributed by atoms with Crippen LogP contribution in [0.15, 0.2) is 23.4 Å². The number of ether oxygens (including phenoxy) is 1. The summed E-state index contributed by atoms with van der Waals surface area (Å²) in [6.45, 7) is 2.82. The van der Waals surface area contributed by atoms with E-state index < -0.39 is 0 Å². The highest BCUT2D eigenvalue weighted by molar-refractivity contribution is 7.99. The fraction of sp³-hybridized carbons (Fsp3) is 0.500. The second kappa shape index (κ2) is 8.76. The quantitative estimate of drug-likeness (QED) is 0.247. The molecule has 2 atom stereocenters. The van der Waals surface area contributed by atoms with E-state index in [9.17, 15) is 5.11 Å². The second-order valence-corrected chi connectivity index (χ2v) is 5.72. The van der Waals surface area contributed by atoms with E-state index >= 15 is 0 Å². The first-order chi connectivity index (χ1) is 10.1. The smallest absolute Gasteiger partial charge is 0.173 e. The molecule has 1 aromatic rings. The maximum absolute atomic E-state index is 9.27. The molecule has 0 spiro atoms. The molecule has 1 rings (SSSR count). The van der Waals surface area contributed by atoms with Crippen molar-refractivity contribution in [1.82, 2.24) is 5.32 Å². The molecule has 1 aromatic carbocycles. The van der Waals surface area contributed by atoms with Crippen LogP contribution in [0.3, 0.4) is 0 Å². The van der Waals surface area contributed by atoms with Crippen molar-refractivity contribution in [2.45, 2.75) is 24.8 Å². The summed E-state index contributed by atoms with van der Waals surface area (Å²) < 4.78 is 5.26. The van der Waals surface area contributed by atoms with Gasteiger partial charge in [-0.25, -0.2) is 0 Å². The number of aliphatic hydroxyl groups excluding tert-OH is 1. The van der Waals surface area contributed by atoms with E-state index in [0.717, 1.165) is 5.56 Å². The number of rotatable bonds is 8. The number of hydrogen-bond donors (Lipinski definition) is 4. The van der Waals surface area contributed by atoms with Gasteiger partial charge in [0.05, 0.1) is 19.3 Å². The van der Waals surface area contributed by atoms with Crippen molar-refractivity contribution < 1.29 is 15.1 Å². The van der Waals surface area contributed by atoms with Crippen molar-refractivity contribution in [2.75, 3.05) is 20.0 Å². The first-order valence-corrected chi connectivity index (χ1v) is 7.88. The van der Waals surface area contributed by atoms with Crippen LogP contribution >= 0.6 is 11.8 Å². The Morgan fingerprint density at radius 2 is 2.24 bits per heavy atom. The van der Waals surface area contributed by atoms with E-state index in [4.69, 9.17) is 15.7 Å². The van der Waals surface area contributed by atoms with Crippen LogP contribution < -0.4 is 15.8 Å². The lowest BCUT2D eigenvalue weighted by Gasteiger charge is -2.21. The van der Waals surface area contributed by atoms with Crippen LogP contribution in [-0.2, 0) is 6.54 Å². The van der Waals surface area contributed by atoms with Crippen LogP contribution in [0.5, 0.6) is 5.75 Å². The molecule has 7 heteroatoms. The monoisotopic (exact) mass is 313 g/mol. The molecule has 0 bridgehead atoms. The van der Waals surface area contributed by atoms with Gasteiger partial charge in [-0.3, -0.25) is 0 Å². The molecule has 0 radical (unpaired) electrons. The third-order valence-electron chi connectivity index (χ3n) is 3.32. The Bertz CT molecular complexity index is 479. The Kier molecular flexibility index (Phi) is 7.35. The highest BCUT2D eigenvalue weighted by Gasteiger charge is 2.15. The van der Waals surface area contributed by atoms with Gasteiger partial charge in [0.2, 0.25) is 0 Å². The Morgan fingerprint density at radius 3 is 2.76 bits per heavy atom. The number of hydrogen-bond acceptors (Lipinski definition) is 6. The van der Waals surface area contributed by atoms with Crippen molar-refractivity contribution in [1.29, 1.82) is 0 Å². The lowest BCUT2D eigenvalue weighted by atomic mass is 10.1. The predicted octanol–water partition coefficient (Wildman–Crippen LogP) is 0.992. The number of benzene rings is 1. The minimum atomic E-state index is 0.0162. The maximum atomic E-state index is 9.27. The van der Waals surface area contributed by atoms with Gasteiger partial charge in [-0.05, 0) is 30.9 Å². The van der Waals surface area contributed by atoms with E-state index in [1.54, 1.807) is 24.9 Å². The molecular weight excluding hydrogens is 290 g/mol. The molecule has 6 nitrogen and oxygen atoms in total. The molecule has 0 saturated heterocycles. The predicted molar refractivity (Wildman–Crippen MR) is 86.2 cm³/mol.